The number of ether oxygens (including phenoxy) is 2. The van der Waals surface area contributed by atoms with Crippen LogP contribution in [0.2, 0.25) is 5.02 Å². The first-order valence-electron chi connectivity index (χ1n) is 5.06. The van der Waals surface area contributed by atoms with Gasteiger partial charge >= 0.3 is 0 Å². The van der Waals surface area contributed by atoms with Crippen molar-refractivity contribution in [1.29, 1.82) is 0 Å². The summed E-state index contributed by atoms with van der Waals surface area (Å²) in [5.74, 6) is 1.99. The highest BCUT2D eigenvalue weighted by Gasteiger charge is 2.17. The molecule has 0 radical (unpaired) electrons. The molecule has 0 atom stereocenters. The standard InChI is InChI=1S/C11H9ClN2O3/c12-9-10(17-14-11(9)13)6-1-2-7-8(5-6)16-4-3-15-7/h1-2,5H,3-4H2,(H2,13,14). The van der Waals surface area contributed by atoms with E-state index in [2.05, 4.69) is 5.16 Å². The molecule has 3 rings (SSSR count). The van der Waals surface area contributed by atoms with Gasteiger partial charge in [0.15, 0.2) is 23.1 Å². The van der Waals surface area contributed by atoms with E-state index in [0.29, 0.717) is 35.5 Å². The zero-order valence-corrected chi connectivity index (χ0v) is 9.53. The minimum Gasteiger partial charge on any atom is -0.486 e. The third-order valence-electron chi connectivity index (χ3n) is 2.46. The second-order valence-corrected chi connectivity index (χ2v) is 3.95. The van der Waals surface area contributed by atoms with E-state index in [1.54, 1.807) is 12.1 Å². The van der Waals surface area contributed by atoms with Gasteiger partial charge in [0, 0.05) is 5.56 Å². The van der Waals surface area contributed by atoms with Gasteiger partial charge in [-0.25, -0.2) is 0 Å². The van der Waals surface area contributed by atoms with Crippen molar-refractivity contribution in [3.63, 3.8) is 0 Å². The molecule has 0 bridgehead atoms. The average Bonchev–Trinajstić information content (AvgIpc) is 2.70. The number of halogens is 1. The Morgan fingerprint density at radius 2 is 1.94 bits per heavy atom. The number of hydrogen-bond acceptors (Lipinski definition) is 5. The predicted octanol–water partition coefficient (Wildman–Crippen LogP) is 2.35. The Morgan fingerprint density at radius 1 is 1.18 bits per heavy atom. The molecular weight excluding hydrogens is 244 g/mol. The van der Waals surface area contributed by atoms with Crippen molar-refractivity contribution in [2.75, 3.05) is 18.9 Å². The van der Waals surface area contributed by atoms with Crippen molar-refractivity contribution in [2.24, 2.45) is 0 Å². The van der Waals surface area contributed by atoms with Gasteiger partial charge in [0.25, 0.3) is 0 Å². The van der Waals surface area contributed by atoms with Gasteiger partial charge < -0.3 is 19.7 Å². The van der Waals surface area contributed by atoms with Crippen LogP contribution in [0.5, 0.6) is 11.5 Å². The van der Waals surface area contributed by atoms with Crippen LogP contribution in [0.3, 0.4) is 0 Å². The lowest BCUT2D eigenvalue weighted by Gasteiger charge is -2.18. The summed E-state index contributed by atoms with van der Waals surface area (Å²) in [6.45, 7) is 1.09. The van der Waals surface area contributed by atoms with Crippen LogP contribution in [0.1, 0.15) is 0 Å². The molecule has 0 spiro atoms. The first-order valence-corrected chi connectivity index (χ1v) is 5.44. The minimum absolute atomic E-state index is 0.177. The quantitative estimate of drug-likeness (QED) is 0.844. The third kappa shape index (κ3) is 1.68. The Kier molecular flexibility index (Phi) is 2.33. The molecule has 2 aromatic rings. The van der Waals surface area contributed by atoms with Crippen LogP contribution in [0, 0.1) is 0 Å². The largest absolute Gasteiger partial charge is 0.486 e. The number of nitrogen functional groups attached to an aromatic ring is 1. The summed E-state index contributed by atoms with van der Waals surface area (Å²) in [6.07, 6.45) is 0. The average molecular weight is 253 g/mol. The van der Waals surface area contributed by atoms with E-state index in [4.69, 9.17) is 31.3 Å². The first-order chi connectivity index (χ1) is 8.25. The number of hydrogen-bond donors (Lipinski definition) is 1. The van der Waals surface area contributed by atoms with Gasteiger partial charge in [0.1, 0.15) is 18.2 Å². The molecule has 1 aliphatic heterocycles. The molecule has 17 heavy (non-hydrogen) atoms. The highest BCUT2D eigenvalue weighted by atomic mass is 35.5. The lowest BCUT2D eigenvalue weighted by atomic mass is 10.1. The summed E-state index contributed by atoms with van der Waals surface area (Å²) in [5, 5.41) is 3.91. The molecule has 2 N–H and O–H groups in total. The number of aromatic nitrogens is 1. The van der Waals surface area contributed by atoms with Crippen molar-refractivity contribution >= 4 is 17.4 Å². The molecule has 0 saturated heterocycles. The first kappa shape index (κ1) is 10.3. The van der Waals surface area contributed by atoms with Gasteiger partial charge in [-0.1, -0.05) is 16.8 Å². The Hall–Kier alpha value is -1.88. The van der Waals surface area contributed by atoms with Gasteiger partial charge in [-0.3, -0.25) is 0 Å². The lowest BCUT2D eigenvalue weighted by Crippen LogP contribution is -2.15. The van der Waals surface area contributed by atoms with E-state index in [1.165, 1.54) is 0 Å². The van der Waals surface area contributed by atoms with Crippen molar-refractivity contribution < 1.29 is 14.0 Å². The molecule has 0 saturated carbocycles. The summed E-state index contributed by atoms with van der Waals surface area (Å²) in [5.41, 5.74) is 6.28. The summed E-state index contributed by atoms with van der Waals surface area (Å²) in [4.78, 5) is 0. The molecule has 1 aliphatic rings. The van der Waals surface area contributed by atoms with Gasteiger partial charge in [-0.05, 0) is 18.2 Å². The van der Waals surface area contributed by atoms with E-state index in [9.17, 15) is 0 Å². The van der Waals surface area contributed by atoms with Crippen LogP contribution >= 0.6 is 11.6 Å². The molecule has 0 aliphatic carbocycles. The van der Waals surface area contributed by atoms with Crippen LogP contribution in [0.25, 0.3) is 11.3 Å². The van der Waals surface area contributed by atoms with Crippen molar-refractivity contribution in [2.45, 2.75) is 0 Å². The van der Waals surface area contributed by atoms with Gasteiger partial charge in [0.2, 0.25) is 0 Å². The lowest BCUT2D eigenvalue weighted by molar-refractivity contribution is 0.171. The minimum atomic E-state index is 0.177. The van der Waals surface area contributed by atoms with Gasteiger partial charge in [-0.15, -0.1) is 0 Å². The van der Waals surface area contributed by atoms with Crippen LogP contribution in [-0.2, 0) is 0 Å². The fourth-order valence-electron chi connectivity index (χ4n) is 1.66. The number of anilines is 1. The van der Waals surface area contributed by atoms with Crippen LogP contribution in [0.15, 0.2) is 22.7 Å². The van der Waals surface area contributed by atoms with Gasteiger partial charge in [0.05, 0.1) is 0 Å². The van der Waals surface area contributed by atoms with E-state index >= 15 is 0 Å². The second kappa shape index (κ2) is 3.85. The summed E-state index contributed by atoms with van der Waals surface area (Å²) >= 11 is 5.97. The van der Waals surface area contributed by atoms with Crippen LogP contribution in [0.4, 0.5) is 5.82 Å². The van der Waals surface area contributed by atoms with E-state index in [0.717, 1.165) is 5.56 Å². The molecule has 5 nitrogen and oxygen atoms in total. The number of benzene rings is 1. The van der Waals surface area contributed by atoms with Crippen LogP contribution < -0.4 is 15.2 Å². The maximum atomic E-state index is 5.97. The van der Waals surface area contributed by atoms with E-state index in [-0.39, 0.29) is 5.82 Å². The van der Waals surface area contributed by atoms with Crippen molar-refractivity contribution in [3.05, 3.63) is 23.2 Å². The van der Waals surface area contributed by atoms with Crippen molar-refractivity contribution in [1.82, 2.24) is 5.16 Å². The number of nitrogens with two attached hydrogens (primary N) is 1. The fraction of sp³-hybridized carbons (Fsp3) is 0.182. The smallest absolute Gasteiger partial charge is 0.187 e. The number of fused-ring (bicyclic) bond motifs is 1. The number of nitrogens with zero attached hydrogens (tertiary/aromatic N) is 1. The number of rotatable bonds is 1. The predicted molar refractivity (Wildman–Crippen MR) is 62.4 cm³/mol. The summed E-state index contributed by atoms with van der Waals surface area (Å²) in [6, 6.07) is 5.42. The second-order valence-electron chi connectivity index (χ2n) is 3.57. The van der Waals surface area contributed by atoms with Crippen LogP contribution in [-0.4, -0.2) is 18.4 Å². The van der Waals surface area contributed by atoms with Crippen molar-refractivity contribution in [3.8, 4) is 22.8 Å². The van der Waals surface area contributed by atoms with E-state index < -0.39 is 0 Å². The zero-order valence-electron chi connectivity index (χ0n) is 8.77. The molecule has 0 unspecified atom stereocenters. The topological polar surface area (TPSA) is 70.5 Å². The highest BCUT2D eigenvalue weighted by molar-refractivity contribution is 6.35. The molecule has 88 valence electrons. The molecule has 0 fully saturated rings. The maximum absolute atomic E-state index is 5.97. The van der Waals surface area contributed by atoms with Gasteiger partial charge in [-0.2, -0.15) is 0 Å². The Bertz CT molecular complexity index is 568. The molecular formula is C11H9ClN2O3. The summed E-state index contributed by atoms with van der Waals surface area (Å²) < 4.78 is 16.0. The normalized spacial score (nSPS) is 13.7. The van der Waals surface area contributed by atoms with E-state index in [1.807, 2.05) is 6.07 Å². The zero-order chi connectivity index (χ0) is 11.8. The fourth-order valence-corrected chi connectivity index (χ4v) is 1.83. The molecule has 2 heterocycles. The molecule has 1 aromatic carbocycles. The Labute approximate surface area is 102 Å². The Balaban J connectivity index is 2.07. The maximum Gasteiger partial charge on any atom is 0.187 e. The summed E-state index contributed by atoms with van der Waals surface area (Å²) in [7, 11) is 0. The Morgan fingerprint density at radius 3 is 2.65 bits per heavy atom. The highest BCUT2D eigenvalue weighted by Crippen LogP contribution is 2.38. The molecule has 1 aromatic heterocycles. The third-order valence-corrected chi connectivity index (χ3v) is 2.83. The molecule has 0 amide bonds. The SMILES string of the molecule is Nc1noc(-c2ccc3c(c2)OCCO3)c1Cl. The molecule has 6 heteroatoms. The monoisotopic (exact) mass is 252 g/mol.